The maximum atomic E-state index is 9.83. The second-order valence-electron chi connectivity index (χ2n) is 7.02. The maximum Gasteiger partial charge on any atom is 0.128 e. The zero-order valence-electron chi connectivity index (χ0n) is 17.1. The molecular weight excluding hydrogens is 470 g/mol. The van der Waals surface area contributed by atoms with E-state index in [2.05, 4.69) is 9.97 Å². The van der Waals surface area contributed by atoms with Crippen LogP contribution in [-0.4, -0.2) is 20.2 Å². The molecule has 0 unspecified atom stereocenters. The molecule has 2 aromatic heterocycles. The normalized spacial score (nSPS) is 10.5. The van der Waals surface area contributed by atoms with Gasteiger partial charge in [0, 0.05) is 36.4 Å². The van der Waals surface area contributed by atoms with E-state index >= 15 is 0 Å². The van der Waals surface area contributed by atoms with E-state index in [4.69, 9.17) is 0 Å². The number of nitrogens with zero attached hydrogens (tertiary/aromatic N) is 2. The van der Waals surface area contributed by atoms with Crippen molar-refractivity contribution < 1.29 is 29.7 Å². The van der Waals surface area contributed by atoms with Crippen LogP contribution in [0.1, 0.15) is 0 Å². The molecule has 4 aromatic carbocycles. The molecule has 2 heterocycles. The Morgan fingerprint density at radius 2 is 1.38 bits per heavy atom. The Kier molecular flexibility index (Phi) is 6.45. The number of aromatic hydroxyl groups is 2. The van der Waals surface area contributed by atoms with Gasteiger partial charge < -0.3 is 10.2 Å². The molecule has 32 heavy (non-hydrogen) atoms. The summed E-state index contributed by atoms with van der Waals surface area (Å²) in [6.45, 7) is 0. The van der Waals surface area contributed by atoms with E-state index in [9.17, 15) is 10.2 Å². The summed E-state index contributed by atoms with van der Waals surface area (Å²) in [7, 11) is 0. The Morgan fingerprint density at radius 3 is 2.22 bits per heavy atom. The van der Waals surface area contributed by atoms with Gasteiger partial charge in [0.05, 0.1) is 21.3 Å². The van der Waals surface area contributed by atoms with E-state index in [1.165, 1.54) is 0 Å². The van der Waals surface area contributed by atoms with Crippen LogP contribution in [0.2, 0.25) is 0 Å². The summed E-state index contributed by atoms with van der Waals surface area (Å²) in [6.07, 6.45) is 1.74. The molecule has 0 saturated heterocycles. The summed E-state index contributed by atoms with van der Waals surface area (Å²) in [5, 5.41) is 23.3. The van der Waals surface area contributed by atoms with Crippen molar-refractivity contribution in [2.24, 2.45) is 0 Å². The van der Waals surface area contributed by atoms with Crippen LogP contribution in [0.25, 0.3) is 42.5 Å². The Labute approximate surface area is 201 Å². The second-order valence-corrected chi connectivity index (χ2v) is 8.05. The van der Waals surface area contributed by atoms with Crippen molar-refractivity contribution in [3.05, 3.63) is 97.2 Å². The SMILES string of the molecule is Oc1cccc2ccc3cccnc3c12.Oc1ccccc1-c1nc2ccccc2s1.[Zn]. The fourth-order valence-electron chi connectivity index (χ4n) is 3.54. The minimum Gasteiger partial charge on any atom is -0.507 e. The Bertz CT molecular complexity index is 1500. The number of pyridine rings is 1. The van der Waals surface area contributed by atoms with Gasteiger partial charge in [-0.3, -0.25) is 4.98 Å². The number of hydrogen-bond donors (Lipinski definition) is 2. The summed E-state index contributed by atoms with van der Waals surface area (Å²) in [5.74, 6) is 0.568. The van der Waals surface area contributed by atoms with Crippen molar-refractivity contribution >= 4 is 43.2 Å². The number of fused-ring (bicyclic) bond motifs is 4. The first-order valence-electron chi connectivity index (χ1n) is 9.80. The molecule has 2 N–H and O–H groups in total. The van der Waals surface area contributed by atoms with Crippen LogP contribution in [-0.2, 0) is 19.5 Å². The van der Waals surface area contributed by atoms with Crippen LogP contribution in [0.4, 0.5) is 0 Å². The summed E-state index contributed by atoms with van der Waals surface area (Å²) in [5.41, 5.74) is 2.63. The van der Waals surface area contributed by atoms with Crippen LogP contribution in [0.5, 0.6) is 11.5 Å². The minimum atomic E-state index is 0. The van der Waals surface area contributed by atoms with E-state index in [1.807, 2.05) is 78.9 Å². The van der Waals surface area contributed by atoms with Gasteiger partial charge in [0.2, 0.25) is 0 Å². The predicted molar refractivity (Wildman–Crippen MR) is 128 cm³/mol. The molecule has 0 aliphatic heterocycles. The molecule has 4 nitrogen and oxygen atoms in total. The molecule has 0 aliphatic carbocycles. The smallest absolute Gasteiger partial charge is 0.128 e. The second kappa shape index (κ2) is 9.43. The third-order valence-corrected chi connectivity index (χ3v) is 6.09. The monoisotopic (exact) mass is 486 g/mol. The Balaban J connectivity index is 0.000000149. The molecule has 6 rings (SSSR count). The summed E-state index contributed by atoms with van der Waals surface area (Å²) >= 11 is 1.59. The van der Waals surface area contributed by atoms with Gasteiger partial charge in [0.25, 0.3) is 0 Å². The van der Waals surface area contributed by atoms with E-state index in [0.29, 0.717) is 0 Å². The van der Waals surface area contributed by atoms with Gasteiger partial charge in [-0.05, 0) is 41.8 Å². The largest absolute Gasteiger partial charge is 0.507 e. The topological polar surface area (TPSA) is 66.2 Å². The van der Waals surface area contributed by atoms with Gasteiger partial charge in [0.15, 0.2) is 0 Å². The molecule has 0 atom stereocenters. The number of benzene rings is 4. The van der Waals surface area contributed by atoms with E-state index < -0.39 is 0 Å². The van der Waals surface area contributed by atoms with Gasteiger partial charge in [-0.1, -0.05) is 54.6 Å². The van der Waals surface area contributed by atoms with Crippen LogP contribution in [0.3, 0.4) is 0 Å². The molecule has 0 spiro atoms. The van der Waals surface area contributed by atoms with E-state index in [0.717, 1.165) is 42.5 Å². The molecular formula is C26H18N2O2SZn. The van der Waals surface area contributed by atoms with E-state index in [1.54, 1.807) is 29.7 Å². The number of phenolic OH excluding ortho intramolecular Hbond substituents is 2. The summed E-state index contributed by atoms with van der Waals surface area (Å²) in [4.78, 5) is 8.81. The molecule has 0 amide bonds. The zero-order chi connectivity index (χ0) is 21.2. The molecule has 0 aliphatic rings. The van der Waals surface area contributed by atoms with Gasteiger partial charge in [-0.15, -0.1) is 11.3 Å². The fourth-order valence-corrected chi connectivity index (χ4v) is 4.54. The number of para-hydroxylation sites is 2. The standard InChI is InChI=1S/C13H9NOS.C13H9NO.Zn/c15-11-7-3-1-5-9(11)13-14-10-6-2-4-8-12(10)16-13;15-11-5-1-3-9-6-7-10-4-2-8-14-13(10)12(9)11;/h1-8,15H;1-8,15H;. The van der Waals surface area contributed by atoms with Gasteiger partial charge in [0.1, 0.15) is 16.5 Å². The zero-order valence-corrected chi connectivity index (χ0v) is 20.9. The maximum absolute atomic E-state index is 9.83. The molecule has 6 aromatic rings. The van der Waals surface area contributed by atoms with Crippen LogP contribution in [0.15, 0.2) is 97.2 Å². The van der Waals surface area contributed by atoms with Gasteiger partial charge >= 0.3 is 0 Å². The summed E-state index contributed by atoms with van der Waals surface area (Å²) in [6, 6.07) is 28.7. The number of rotatable bonds is 1. The average molecular weight is 488 g/mol. The van der Waals surface area contributed by atoms with Crippen molar-refractivity contribution in [2.45, 2.75) is 0 Å². The van der Waals surface area contributed by atoms with Crippen molar-refractivity contribution in [1.82, 2.24) is 9.97 Å². The third kappa shape index (κ3) is 4.20. The molecule has 0 fully saturated rings. The minimum absolute atomic E-state index is 0. The molecule has 152 valence electrons. The van der Waals surface area contributed by atoms with Crippen molar-refractivity contribution in [2.75, 3.05) is 0 Å². The number of phenols is 2. The van der Waals surface area contributed by atoms with Gasteiger partial charge in [-0.25, -0.2) is 4.98 Å². The molecule has 0 radical (unpaired) electrons. The molecule has 6 heteroatoms. The van der Waals surface area contributed by atoms with Crippen LogP contribution < -0.4 is 0 Å². The number of thiazole rings is 1. The third-order valence-electron chi connectivity index (χ3n) is 5.02. The number of hydrogen-bond acceptors (Lipinski definition) is 5. The first-order chi connectivity index (χ1) is 15.2. The predicted octanol–water partition coefficient (Wildman–Crippen LogP) is 6.76. The molecule has 0 saturated carbocycles. The first-order valence-corrected chi connectivity index (χ1v) is 10.6. The first kappa shape index (κ1) is 21.9. The van der Waals surface area contributed by atoms with Gasteiger partial charge in [-0.2, -0.15) is 0 Å². The van der Waals surface area contributed by atoms with Crippen LogP contribution >= 0.6 is 11.3 Å². The summed E-state index contributed by atoms with van der Waals surface area (Å²) < 4.78 is 1.14. The average Bonchev–Trinajstić information content (AvgIpc) is 3.24. The number of aromatic nitrogens is 2. The van der Waals surface area contributed by atoms with Crippen molar-refractivity contribution in [3.63, 3.8) is 0 Å². The fraction of sp³-hybridized carbons (Fsp3) is 0. The quantitative estimate of drug-likeness (QED) is 0.199. The van der Waals surface area contributed by atoms with Crippen molar-refractivity contribution in [3.8, 4) is 22.1 Å². The van der Waals surface area contributed by atoms with E-state index in [-0.39, 0.29) is 31.0 Å². The Morgan fingerprint density at radius 1 is 0.656 bits per heavy atom. The van der Waals surface area contributed by atoms with Crippen molar-refractivity contribution in [1.29, 1.82) is 0 Å². The van der Waals surface area contributed by atoms with Crippen LogP contribution in [0, 0.1) is 0 Å². The Hall–Kier alpha value is -3.34. The molecule has 0 bridgehead atoms.